The summed E-state index contributed by atoms with van der Waals surface area (Å²) in [6.45, 7) is 2.11. The first-order valence-electron chi connectivity index (χ1n) is 5.75. The van der Waals surface area contributed by atoms with Gasteiger partial charge in [0.15, 0.2) is 0 Å². The molecule has 1 aliphatic carbocycles. The van der Waals surface area contributed by atoms with Crippen molar-refractivity contribution < 1.29 is 0 Å². The molecule has 15 heavy (non-hydrogen) atoms. The van der Waals surface area contributed by atoms with Gasteiger partial charge in [-0.1, -0.05) is 19.1 Å². The van der Waals surface area contributed by atoms with Crippen LogP contribution in [0.25, 0.3) is 0 Å². The summed E-state index contributed by atoms with van der Waals surface area (Å²) in [7, 11) is 0. The van der Waals surface area contributed by atoms with Gasteiger partial charge in [-0.25, -0.2) is 4.98 Å². The third-order valence-electron chi connectivity index (χ3n) is 3.15. The Bertz CT molecular complexity index is 340. The third kappa shape index (κ3) is 2.12. The molecule has 0 bridgehead atoms. The largest absolute Gasteiger partial charge is 0.330 e. The smallest absolute Gasteiger partial charge is 0.0951 e. The van der Waals surface area contributed by atoms with Gasteiger partial charge in [0.1, 0.15) is 0 Å². The van der Waals surface area contributed by atoms with Crippen LogP contribution in [0.4, 0.5) is 0 Å². The molecule has 2 N–H and O–H groups in total. The molecule has 3 nitrogen and oxygen atoms in total. The van der Waals surface area contributed by atoms with Crippen LogP contribution in [-0.4, -0.2) is 9.55 Å². The molecule has 0 amide bonds. The summed E-state index contributed by atoms with van der Waals surface area (Å²) >= 11 is 0. The lowest BCUT2D eigenvalue weighted by molar-refractivity contribution is 0.434. The highest BCUT2D eigenvalue weighted by Crippen LogP contribution is 2.27. The van der Waals surface area contributed by atoms with Crippen molar-refractivity contribution in [2.24, 2.45) is 5.73 Å². The first-order chi connectivity index (χ1) is 7.33. The fraction of sp³-hybridized carbons (Fsp3) is 0.583. The molecule has 82 valence electrons. The molecule has 1 unspecified atom stereocenters. The minimum atomic E-state index is 0.124. The predicted molar refractivity (Wildman–Crippen MR) is 61.5 cm³/mol. The maximum absolute atomic E-state index is 6.07. The normalized spacial score (nSPS) is 22.9. The average Bonchev–Trinajstić information content (AvgIpc) is 2.78. The van der Waals surface area contributed by atoms with Crippen molar-refractivity contribution in [3.05, 3.63) is 30.4 Å². The lowest BCUT2D eigenvalue weighted by Gasteiger charge is -2.23. The molecule has 0 saturated heterocycles. The van der Waals surface area contributed by atoms with Gasteiger partial charge >= 0.3 is 0 Å². The van der Waals surface area contributed by atoms with Crippen molar-refractivity contribution in [2.75, 3.05) is 0 Å². The molecule has 2 atom stereocenters. The van der Waals surface area contributed by atoms with Gasteiger partial charge in [-0.05, 0) is 25.7 Å². The molecule has 0 aliphatic heterocycles. The van der Waals surface area contributed by atoms with Gasteiger partial charge < -0.3 is 10.3 Å². The van der Waals surface area contributed by atoms with E-state index in [2.05, 4.69) is 28.6 Å². The number of nitrogens with two attached hydrogens (primary N) is 1. The molecule has 3 heteroatoms. The Hall–Kier alpha value is -1.09. The SMILES string of the molecule is CC[C@@H](N)c1cncn1C1CC=CCC1. The number of aromatic nitrogens is 2. The molecule has 0 aromatic carbocycles. The van der Waals surface area contributed by atoms with Crippen LogP contribution in [0.1, 0.15) is 50.4 Å². The van der Waals surface area contributed by atoms with Crippen molar-refractivity contribution in [1.82, 2.24) is 9.55 Å². The van der Waals surface area contributed by atoms with Gasteiger partial charge in [0.2, 0.25) is 0 Å². The first kappa shape index (κ1) is 10.4. The topological polar surface area (TPSA) is 43.8 Å². The molecule has 0 fully saturated rings. The zero-order valence-corrected chi connectivity index (χ0v) is 9.26. The van der Waals surface area contributed by atoms with Crippen molar-refractivity contribution in [3.63, 3.8) is 0 Å². The predicted octanol–water partition coefficient (Wildman–Crippen LogP) is 2.57. The average molecular weight is 205 g/mol. The van der Waals surface area contributed by atoms with Gasteiger partial charge in [0.25, 0.3) is 0 Å². The number of hydrogen-bond donors (Lipinski definition) is 1. The number of hydrogen-bond acceptors (Lipinski definition) is 2. The zero-order valence-electron chi connectivity index (χ0n) is 9.26. The van der Waals surface area contributed by atoms with Crippen LogP contribution in [0.2, 0.25) is 0 Å². The number of rotatable bonds is 3. The van der Waals surface area contributed by atoms with Gasteiger partial charge in [0, 0.05) is 18.3 Å². The standard InChI is InChI=1S/C12H19N3/c1-2-11(13)12-8-14-9-15(12)10-6-4-3-5-7-10/h3-4,8-11H,2,5-7,13H2,1H3/t10?,11-/m1/s1. The molecule has 0 saturated carbocycles. The van der Waals surface area contributed by atoms with E-state index in [1.54, 1.807) is 0 Å². The number of nitrogens with zero attached hydrogens (tertiary/aromatic N) is 2. The van der Waals surface area contributed by atoms with E-state index in [0.717, 1.165) is 12.8 Å². The molecule has 1 aromatic heterocycles. The van der Waals surface area contributed by atoms with Crippen molar-refractivity contribution >= 4 is 0 Å². The highest BCUT2D eigenvalue weighted by molar-refractivity contribution is 5.07. The summed E-state index contributed by atoms with van der Waals surface area (Å²) in [4.78, 5) is 4.23. The van der Waals surface area contributed by atoms with Crippen LogP contribution in [0, 0.1) is 0 Å². The Morgan fingerprint density at radius 2 is 2.47 bits per heavy atom. The van der Waals surface area contributed by atoms with E-state index >= 15 is 0 Å². The summed E-state index contributed by atoms with van der Waals surface area (Å²) in [6, 6.07) is 0.684. The van der Waals surface area contributed by atoms with Crippen LogP contribution >= 0.6 is 0 Å². The van der Waals surface area contributed by atoms with Crippen LogP contribution < -0.4 is 5.73 Å². The monoisotopic (exact) mass is 205 g/mol. The molecule has 0 radical (unpaired) electrons. The van der Waals surface area contributed by atoms with E-state index in [9.17, 15) is 0 Å². The number of imidazole rings is 1. The first-order valence-corrected chi connectivity index (χ1v) is 5.75. The summed E-state index contributed by atoms with van der Waals surface area (Å²) < 4.78 is 2.26. The molecular weight excluding hydrogens is 186 g/mol. The molecule has 1 aliphatic rings. The summed E-state index contributed by atoms with van der Waals surface area (Å²) in [5.74, 6) is 0. The van der Waals surface area contributed by atoms with Crippen LogP contribution in [-0.2, 0) is 0 Å². The second-order valence-corrected chi connectivity index (χ2v) is 4.18. The maximum atomic E-state index is 6.07. The highest BCUT2D eigenvalue weighted by Gasteiger charge is 2.17. The Morgan fingerprint density at radius 3 is 3.13 bits per heavy atom. The number of allylic oxidation sites excluding steroid dienone is 2. The molecule has 1 aromatic rings. The van der Waals surface area contributed by atoms with E-state index in [4.69, 9.17) is 5.73 Å². The van der Waals surface area contributed by atoms with Gasteiger partial charge in [-0.15, -0.1) is 0 Å². The Morgan fingerprint density at radius 1 is 1.60 bits per heavy atom. The summed E-state index contributed by atoms with van der Waals surface area (Å²) in [6.07, 6.45) is 12.8. The molecule has 1 heterocycles. The summed E-state index contributed by atoms with van der Waals surface area (Å²) in [5, 5.41) is 0. The Balaban J connectivity index is 2.20. The highest BCUT2D eigenvalue weighted by atomic mass is 15.1. The van der Waals surface area contributed by atoms with Crippen LogP contribution in [0.5, 0.6) is 0 Å². The van der Waals surface area contributed by atoms with E-state index < -0.39 is 0 Å². The fourth-order valence-electron chi connectivity index (χ4n) is 2.15. The van der Waals surface area contributed by atoms with Crippen LogP contribution in [0.3, 0.4) is 0 Å². The molecule has 2 rings (SSSR count). The quantitative estimate of drug-likeness (QED) is 0.771. The van der Waals surface area contributed by atoms with Gasteiger partial charge in [0.05, 0.1) is 12.0 Å². The minimum absolute atomic E-state index is 0.124. The van der Waals surface area contributed by atoms with E-state index in [1.807, 2.05) is 12.5 Å². The third-order valence-corrected chi connectivity index (χ3v) is 3.15. The van der Waals surface area contributed by atoms with Crippen molar-refractivity contribution in [3.8, 4) is 0 Å². The Kier molecular flexibility index (Phi) is 3.21. The second-order valence-electron chi connectivity index (χ2n) is 4.18. The summed E-state index contributed by atoms with van der Waals surface area (Å²) in [5.41, 5.74) is 7.25. The second kappa shape index (κ2) is 4.62. The Labute approximate surface area is 91.0 Å². The lowest BCUT2D eigenvalue weighted by atomic mass is 10.0. The maximum Gasteiger partial charge on any atom is 0.0951 e. The lowest BCUT2D eigenvalue weighted by Crippen LogP contribution is -2.18. The van der Waals surface area contributed by atoms with E-state index in [0.29, 0.717) is 6.04 Å². The van der Waals surface area contributed by atoms with Gasteiger partial charge in [-0.2, -0.15) is 0 Å². The zero-order chi connectivity index (χ0) is 10.7. The van der Waals surface area contributed by atoms with E-state index in [1.165, 1.54) is 18.5 Å². The fourth-order valence-corrected chi connectivity index (χ4v) is 2.15. The molecule has 0 spiro atoms. The molecular formula is C12H19N3. The van der Waals surface area contributed by atoms with E-state index in [-0.39, 0.29) is 6.04 Å². The van der Waals surface area contributed by atoms with Crippen molar-refractivity contribution in [1.29, 1.82) is 0 Å². The van der Waals surface area contributed by atoms with Crippen molar-refractivity contribution in [2.45, 2.75) is 44.7 Å². The van der Waals surface area contributed by atoms with Crippen LogP contribution in [0.15, 0.2) is 24.7 Å². The van der Waals surface area contributed by atoms with Gasteiger partial charge in [-0.3, -0.25) is 0 Å². The minimum Gasteiger partial charge on any atom is -0.330 e.